The molecule has 0 aliphatic carbocycles. The van der Waals surface area contributed by atoms with E-state index < -0.39 is 0 Å². The minimum absolute atomic E-state index is 0.0992. The topological polar surface area (TPSA) is 64.9 Å². The number of rotatable bonds is 6. The Labute approximate surface area is 140 Å². The van der Waals surface area contributed by atoms with Gasteiger partial charge in [-0.3, -0.25) is 0 Å². The van der Waals surface area contributed by atoms with Gasteiger partial charge < -0.3 is 10.1 Å². The number of aryl methyl sites for hydroxylation is 1. The van der Waals surface area contributed by atoms with Crippen LogP contribution < -0.4 is 10.1 Å². The highest BCUT2D eigenvalue weighted by Crippen LogP contribution is 2.34. The van der Waals surface area contributed by atoms with Gasteiger partial charge in [0, 0.05) is 23.1 Å². The van der Waals surface area contributed by atoms with E-state index in [2.05, 4.69) is 52.7 Å². The average molecular weight is 419 g/mol. The van der Waals surface area contributed by atoms with Gasteiger partial charge in [0.15, 0.2) is 0 Å². The molecule has 0 radical (unpaired) electrons. The highest BCUT2D eigenvalue weighted by molar-refractivity contribution is 9.11. The van der Waals surface area contributed by atoms with E-state index in [1.165, 1.54) is 0 Å². The summed E-state index contributed by atoms with van der Waals surface area (Å²) in [6.07, 6.45) is 0.0992. The predicted octanol–water partition coefficient (Wildman–Crippen LogP) is 3.62. The van der Waals surface area contributed by atoms with E-state index in [1.807, 2.05) is 32.9 Å². The molecule has 6 nitrogen and oxygen atoms in total. The molecule has 0 saturated heterocycles. The van der Waals surface area contributed by atoms with Crippen LogP contribution in [0.5, 0.6) is 5.75 Å². The van der Waals surface area contributed by atoms with Gasteiger partial charge in [0.25, 0.3) is 0 Å². The fourth-order valence-electron chi connectivity index (χ4n) is 1.83. The maximum absolute atomic E-state index is 5.89. The zero-order chi connectivity index (χ0) is 15.4. The van der Waals surface area contributed by atoms with Gasteiger partial charge in [-0.1, -0.05) is 21.0 Å². The molecule has 2 rings (SSSR count). The van der Waals surface area contributed by atoms with E-state index in [1.54, 1.807) is 4.68 Å². The third kappa shape index (κ3) is 4.16. The van der Waals surface area contributed by atoms with Crippen LogP contribution in [-0.2, 0) is 13.1 Å². The van der Waals surface area contributed by atoms with Crippen molar-refractivity contribution in [2.24, 2.45) is 0 Å². The Balaban J connectivity index is 2.22. The number of anilines is 1. The van der Waals surface area contributed by atoms with E-state index in [0.29, 0.717) is 19.0 Å². The lowest BCUT2D eigenvalue weighted by molar-refractivity contribution is 0.238. The smallest absolute Gasteiger partial charge is 0.243 e. The van der Waals surface area contributed by atoms with Crippen molar-refractivity contribution < 1.29 is 4.74 Å². The van der Waals surface area contributed by atoms with Gasteiger partial charge in [0.2, 0.25) is 5.95 Å². The number of ether oxygens (including phenoxy) is 1. The minimum Gasteiger partial charge on any atom is -0.489 e. The number of hydrogen-bond acceptors (Lipinski definition) is 5. The third-order valence-electron chi connectivity index (χ3n) is 2.71. The molecule has 0 saturated carbocycles. The molecule has 0 aliphatic heterocycles. The predicted molar refractivity (Wildman–Crippen MR) is 88.4 cm³/mol. The van der Waals surface area contributed by atoms with Crippen molar-refractivity contribution in [3.8, 4) is 5.75 Å². The van der Waals surface area contributed by atoms with Gasteiger partial charge in [0.1, 0.15) is 5.75 Å². The fraction of sp³-hybridized carbons (Fsp3) is 0.462. The number of tetrazole rings is 1. The summed E-state index contributed by atoms with van der Waals surface area (Å²) in [6, 6.07) is 3.99. The molecule has 0 bridgehead atoms. The number of nitrogens with one attached hydrogen (secondary N) is 1. The van der Waals surface area contributed by atoms with Crippen molar-refractivity contribution in [1.29, 1.82) is 0 Å². The Bertz CT molecular complexity index is 615. The fourth-order valence-corrected chi connectivity index (χ4v) is 3.24. The van der Waals surface area contributed by atoms with Crippen LogP contribution in [0, 0.1) is 0 Å². The standard InChI is InChI=1S/C13H17Br2N5O/c1-4-20-13(17-18-19-20)16-7-9-5-10(14)6-11(15)12(9)21-8(2)3/h5-6,8H,4,7H2,1-3H3,(H,16,17,19). The highest BCUT2D eigenvalue weighted by Gasteiger charge is 2.13. The van der Waals surface area contributed by atoms with Gasteiger partial charge in [-0.15, -0.1) is 0 Å². The second kappa shape index (κ2) is 7.22. The first-order valence-electron chi connectivity index (χ1n) is 6.65. The van der Waals surface area contributed by atoms with Crippen molar-refractivity contribution >= 4 is 37.8 Å². The van der Waals surface area contributed by atoms with E-state index in [9.17, 15) is 0 Å². The van der Waals surface area contributed by atoms with Crippen molar-refractivity contribution in [2.45, 2.75) is 40.0 Å². The van der Waals surface area contributed by atoms with E-state index >= 15 is 0 Å². The zero-order valence-electron chi connectivity index (χ0n) is 12.1. The van der Waals surface area contributed by atoms with Gasteiger partial charge in [0.05, 0.1) is 10.6 Å². The Morgan fingerprint density at radius 1 is 1.33 bits per heavy atom. The molecular formula is C13H17Br2N5O. The summed E-state index contributed by atoms with van der Waals surface area (Å²) < 4.78 is 9.49. The molecule has 0 unspecified atom stereocenters. The van der Waals surface area contributed by atoms with Crippen LogP contribution in [0.25, 0.3) is 0 Å². The molecule has 0 fully saturated rings. The van der Waals surface area contributed by atoms with Gasteiger partial charge >= 0.3 is 0 Å². The van der Waals surface area contributed by atoms with Crippen LogP contribution in [0.2, 0.25) is 0 Å². The van der Waals surface area contributed by atoms with E-state index in [0.717, 1.165) is 20.3 Å². The summed E-state index contributed by atoms with van der Waals surface area (Å²) in [4.78, 5) is 0. The Kier molecular flexibility index (Phi) is 5.58. The number of nitrogens with zero attached hydrogens (tertiary/aromatic N) is 4. The lowest BCUT2D eigenvalue weighted by Gasteiger charge is -2.17. The van der Waals surface area contributed by atoms with Crippen molar-refractivity contribution in [1.82, 2.24) is 20.2 Å². The summed E-state index contributed by atoms with van der Waals surface area (Å²) in [6.45, 7) is 7.28. The molecule has 0 atom stereocenters. The Morgan fingerprint density at radius 2 is 2.10 bits per heavy atom. The minimum atomic E-state index is 0.0992. The maximum atomic E-state index is 5.89. The van der Waals surface area contributed by atoms with Gasteiger partial charge in [-0.25, -0.2) is 4.68 Å². The number of aromatic nitrogens is 4. The molecule has 0 spiro atoms. The lowest BCUT2D eigenvalue weighted by Crippen LogP contribution is -2.12. The van der Waals surface area contributed by atoms with Gasteiger partial charge in [-0.2, -0.15) is 0 Å². The quantitative estimate of drug-likeness (QED) is 0.775. The van der Waals surface area contributed by atoms with Crippen LogP contribution in [0.15, 0.2) is 21.1 Å². The molecule has 1 aromatic carbocycles. The monoisotopic (exact) mass is 417 g/mol. The molecule has 0 aliphatic rings. The number of benzene rings is 1. The molecule has 1 heterocycles. The molecule has 114 valence electrons. The Morgan fingerprint density at radius 3 is 2.76 bits per heavy atom. The summed E-state index contributed by atoms with van der Waals surface area (Å²) in [5.74, 6) is 1.47. The third-order valence-corrected chi connectivity index (χ3v) is 3.75. The van der Waals surface area contributed by atoms with E-state index in [-0.39, 0.29) is 6.10 Å². The number of halogens is 2. The van der Waals surface area contributed by atoms with Crippen LogP contribution in [0.1, 0.15) is 26.3 Å². The van der Waals surface area contributed by atoms with Crippen molar-refractivity contribution in [3.63, 3.8) is 0 Å². The molecule has 21 heavy (non-hydrogen) atoms. The zero-order valence-corrected chi connectivity index (χ0v) is 15.3. The first kappa shape index (κ1) is 16.2. The molecule has 2 aromatic rings. The number of hydrogen-bond donors (Lipinski definition) is 1. The molecule has 1 aromatic heterocycles. The SMILES string of the molecule is CCn1nnnc1NCc1cc(Br)cc(Br)c1OC(C)C. The van der Waals surface area contributed by atoms with Crippen LogP contribution in [-0.4, -0.2) is 26.3 Å². The molecule has 8 heteroatoms. The van der Waals surface area contributed by atoms with Crippen LogP contribution in [0.4, 0.5) is 5.95 Å². The average Bonchev–Trinajstić information content (AvgIpc) is 2.86. The molecule has 0 amide bonds. The van der Waals surface area contributed by atoms with Crippen molar-refractivity contribution in [2.75, 3.05) is 5.32 Å². The first-order chi connectivity index (χ1) is 10.0. The first-order valence-corrected chi connectivity index (χ1v) is 8.24. The molecule has 1 N–H and O–H groups in total. The van der Waals surface area contributed by atoms with E-state index in [4.69, 9.17) is 4.74 Å². The largest absolute Gasteiger partial charge is 0.489 e. The van der Waals surface area contributed by atoms with Gasteiger partial charge in [-0.05, 0) is 59.3 Å². The summed E-state index contributed by atoms with van der Waals surface area (Å²) in [7, 11) is 0. The highest BCUT2D eigenvalue weighted by atomic mass is 79.9. The lowest BCUT2D eigenvalue weighted by atomic mass is 10.2. The summed E-state index contributed by atoms with van der Waals surface area (Å²) >= 11 is 7.05. The second-order valence-corrected chi connectivity index (χ2v) is 6.48. The van der Waals surface area contributed by atoms with Crippen LogP contribution >= 0.6 is 31.9 Å². The normalized spacial score (nSPS) is 11.0. The van der Waals surface area contributed by atoms with Crippen LogP contribution in [0.3, 0.4) is 0 Å². The summed E-state index contributed by atoms with van der Waals surface area (Å²) in [5.41, 5.74) is 1.02. The second-order valence-electron chi connectivity index (χ2n) is 4.71. The van der Waals surface area contributed by atoms with Crippen molar-refractivity contribution in [3.05, 3.63) is 26.6 Å². The maximum Gasteiger partial charge on any atom is 0.243 e. The molecular weight excluding hydrogens is 402 g/mol. The Hall–Kier alpha value is -1.15. The summed E-state index contributed by atoms with van der Waals surface area (Å²) in [5, 5.41) is 14.8.